The molecule has 1 aliphatic rings. The number of carbonyl (C=O) groups excluding carboxylic acids is 2. The van der Waals surface area contributed by atoms with Gasteiger partial charge >= 0.3 is 6.03 Å². The Balaban J connectivity index is 1.91. The lowest BCUT2D eigenvalue weighted by atomic mass is 9.98. The maximum absolute atomic E-state index is 12.5. The van der Waals surface area contributed by atoms with Gasteiger partial charge in [0.05, 0.1) is 0 Å². The zero-order chi connectivity index (χ0) is 16.8. The number of anilines is 1. The molecule has 1 saturated heterocycles. The van der Waals surface area contributed by atoms with Gasteiger partial charge in [-0.15, -0.1) is 0 Å². The first-order valence-electron chi connectivity index (χ1n) is 8.39. The number of hydrogen-bond donors (Lipinski definition) is 2. The molecule has 0 spiro atoms. The number of amides is 3. The summed E-state index contributed by atoms with van der Waals surface area (Å²) in [6.07, 6.45) is 2.54. The summed E-state index contributed by atoms with van der Waals surface area (Å²) < 4.78 is 0. The molecule has 1 aliphatic heterocycles. The first-order valence-corrected chi connectivity index (χ1v) is 8.39. The normalized spacial score (nSPS) is 17.7. The molecule has 5 nitrogen and oxygen atoms in total. The van der Waals surface area contributed by atoms with E-state index in [1.165, 1.54) is 0 Å². The molecule has 0 saturated carbocycles. The maximum Gasteiger partial charge on any atom is 0.321 e. The van der Waals surface area contributed by atoms with Gasteiger partial charge in [0.2, 0.25) is 5.91 Å². The maximum atomic E-state index is 12.5. The SMILES string of the molecule is CCC(=O)NC[C@@H]1CCCN(C(=O)Nc2cc(C)ccc2C)C1. The van der Waals surface area contributed by atoms with Gasteiger partial charge in [-0.25, -0.2) is 4.79 Å². The molecule has 1 fully saturated rings. The van der Waals surface area contributed by atoms with E-state index >= 15 is 0 Å². The van der Waals surface area contributed by atoms with E-state index < -0.39 is 0 Å². The highest BCUT2D eigenvalue weighted by Crippen LogP contribution is 2.20. The lowest BCUT2D eigenvalue weighted by Crippen LogP contribution is -2.45. The van der Waals surface area contributed by atoms with Crippen LogP contribution in [0.3, 0.4) is 0 Å². The number of nitrogens with zero attached hydrogens (tertiary/aromatic N) is 1. The molecule has 1 aromatic carbocycles. The fraction of sp³-hybridized carbons (Fsp3) is 0.556. The van der Waals surface area contributed by atoms with Crippen molar-refractivity contribution in [1.82, 2.24) is 10.2 Å². The Labute approximate surface area is 138 Å². The van der Waals surface area contributed by atoms with Crippen LogP contribution in [-0.2, 0) is 4.79 Å². The van der Waals surface area contributed by atoms with E-state index in [2.05, 4.69) is 10.6 Å². The molecule has 1 atom stereocenters. The third kappa shape index (κ3) is 4.98. The van der Waals surface area contributed by atoms with Gasteiger partial charge < -0.3 is 15.5 Å². The van der Waals surface area contributed by atoms with E-state index in [0.717, 1.165) is 36.2 Å². The van der Waals surface area contributed by atoms with Crippen molar-refractivity contribution < 1.29 is 9.59 Å². The van der Waals surface area contributed by atoms with Gasteiger partial charge in [0.25, 0.3) is 0 Å². The number of likely N-dealkylation sites (tertiary alicyclic amines) is 1. The van der Waals surface area contributed by atoms with E-state index in [0.29, 0.717) is 25.4 Å². The minimum Gasteiger partial charge on any atom is -0.356 e. The van der Waals surface area contributed by atoms with Crippen LogP contribution in [0.15, 0.2) is 18.2 Å². The van der Waals surface area contributed by atoms with Crippen molar-refractivity contribution in [2.75, 3.05) is 25.0 Å². The highest BCUT2D eigenvalue weighted by molar-refractivity contribution is 5.90. The third-order valence-electron chi connectivity index (χ3n) is 4.35. The summed E-state index contributed by atoms with van der Waals surface area (Å²) in [6.45, 7) is 7.98. The van der Waals surface area contributed by atoms with E-state index in [1.807, 2.05) is 43.9 Å². The number of rotatable bonds is 4. The number of piperidine rings is 1. The zero-order valence-corrected chi connectivity index (χ0v) is 14.3. The van der Waals surface area contributed by atoms with E-state index in [-0.39, 0.29) is 11.9 Å². The molecule has 1 heterocycles. The molecule has 0 aromatic heterocycles. The van der Waals surface area contributed by atoms with Crippen molar-refractivity contribution in [3.63, 3.8) is 0 Å². The van der Waals surface area contributed by atoms with Gasteiger partial charge in [-0.05, 0) is 49.8 Å². The number of benzene rings is 1. The second-order valence-electron chi connectivity index (χ2n) is 6.36. The quantitative estimate of drug-likeness (QED) is 0.896. The van der Waals surface area contributed by atoms with Crippen molar-refractivity contribution in [3.8, 4) is 0 Å². The average Bonchev–Trinajstić information content (AvgIpc) is 2.56. The van der Waals surface area contributed by atoms with Crippen LogP contribution >= 0.6 is 0 Å². The number of urea groups is 1. The van der Waals surface area contributed by atoms with Gasteiger partial charge in [-0.3, -0.25) is 4.79 Å². The summed E-state index contributed by atoms with van der Waals surface area (Å²) in [7, 11) is 0. The molecular weight excluding hydrogens is 290 g/mol. The van der Waals surface area contributed by atoms with E-state index in [9.17, 15) is 9.59 Å². The Hall–Kier alpha value is -2.04. The van der Waals surface area contributed by atoms with Crippen molar-refractivity contribution in [2.24, 2.45) is 5.92 Å². The number of aryl methyl sites for hydroxylation is 2. The topological polar surface area (TPSA) is 61.4 Å². The van der Waals surface area contributed by atoms with Crippen molar-refractivity contribution in [1.29, 1.82) is 0 Å². The van der Waals surface area contributed by atoms with Crippen LogP contribution in [0.1, 0.15) is 37.3 Å². The molecule has 0 radical (unpaired) electrons. The Morgan fingerprint density at radius 3 is 2.83 bits per heavy atom. The van der Waals surface area contributed by atoms with Crippen LogP contribution < -0.4 is 10.6 Å². The fourth-order valence-corrected chi connectivity index (χ4v) is 2.86. The summed E-state index contributed by atoms with van der Waals surface area (Å²) in [5.41, 5.74) is 3.06. The summed E-state index contributed by atoms with van der Waals surface area (Å²) in [6, 6.07) is 6.00. The van der Waals surface area contributed by atoms with Crippen LogP contribution in [0.25, 0.3) is 0 Å². The Bertz CT molecular complexity index is 571. The Morgan fingerprint density at radius 1 is 1.30 bits per heavy atom. The molecule has 126 valence electrons. The van der Waals surface area contributed by atoms with Crippen LogP contribution in [0.2, 0.25) is 0 Å². The molecule has 23 heavy (non-hydrogen) atoms. The molecular formula is C18H27N3O2. The lowest BCUT2D eigenvalue weighted by Gasteiger charge is -2.33. The summed E-state index contributed by atoms with van der Waals surface area (Å²) in [4.78, 5) is 25.7. The summed E-state index contributed by atoms with van der Waals surface area (Å²) in [5.74, 6) is 0.408. The van der Waals surface area contributed by atoms with E-state index in [4.69, 9.17) is 0 Å². The molecule has 0 bridgehead atoms. The smallest absolute Gasteiger partial charge is 0.321 e. The van der Waals surface area contributed by atoms with Gasteiger partial charge in [-0.2, -0.15) is 0 Å². The van der Waals surface area contributed by atoms with Crippen molar-refractivity contribution >= 4 is 17.6 Å². The molecule has 5 heteroatoms. The standard InChI is InChI=1S/C18H27N3O2/c1-4-17(22)19-11-15-6-5-9-21(12-15)18(23)20-16-10-13(2)7-8-14(16)3/h7-8,10,15H,4-6,9,11-12H2,1-3H3,(H,19,22)(H,20,23)/t15-/m0/s1. The summed E-state index contributed by atoms with van der Waals surface area (Å²) >= 11 is 0. The second kappa shape index (κ2) is 7.99. The van der Waals surface area contributed by atoms with Crippen LogP contribution in [-0.4, -0.2) is 36.5 Å². The molecule has 2 rings (SSSR count). The number of hydrogen-bond acceptors (Lipinski definition) is 2. The first-order chi connectivity index (χ1) is 11.0. The number of carbonyl (C=O) groups is 2. The fourth-order valence-electron chi connectivity index (χ4n) is 2.86. The second-order valence-corrected chi connectivity index (χ2v) is 6.36. The predicted octanol–water partition coefficient (Wildman–Crippen LogP) is 3.07. The zero-order valence-electron chi connectivity index (χ0n) is 14.3. The molecule has 1 aromatic rings. The Kier molecular flexibility index (Phi) is 6.02. The minimum atomic E-state index is -0.0507. The van der Waals surface area contributed by atoms with Gasteiger partial charge in [0.1, 0.15) is 0 Å². The average molecular weight is 317 g/mol. The molecule has 0 unspecified atom stereocenters. The third-order valence-corrected chi connectivity index (χ3v) is 4.35. The number of nitrogens with one attached hydrogen (secondary N) is 2. The van der Waals surface area contributed by atoms with Gasteiger partial charge in [-0.1, -0.05) is 19.1 Å². The van der Waals surface area contributed by atoms with Crippen LogP contribution in [0, 0.1) is 19.8 Å². The van der Waals surface area contributed by atoms with Gasteiger partial charge in [0, 0.05) is 31.7 Å². The minimum absolute atomic E-state index is 0.0507. The monoisotopic (exact) mass is 317 g/mol. The predicted molar refractivity (Wildman–Crippen MR) is 92.5 cm³/mol. The van der Waals surface area contributed by atoms with E-state index in [1.54, 1.807) is 0 Å². The molecule has 3 amide bonds. The first kappa shape index (κ1) is 17.3. The van der Waals surface area contributed by atoms with Crippen LogP contribution in [0.5, 0.6) is 0 Å². The van der Waals surface area contributed by atoms with Crippen LogP contribution in [0.4, 0.5) is 10.5 Å². The van der Waals surface area contributed by atoms with Gasteiger partial charge in [0.15, 0.2) is 0 Å². The van der Waals surface area contributed by atoms with Crippen molar-refractivity contribution in [3.05, 3.63) is 29.3 Å². The lowest BCUT2D eigenvalue weighted by molar-refractivity contribution is -0.121. The largest absolute Gasteiger partial charge is 0.356 e. The Morgan fingerprint density at radius 2 is 2.09 bits per heavy atom. The molecule has 2 N–H and O–H groups in total. The van der Waals surface area contributed by atoms with Crippen molar-refractivity contribution in [2.45, 2.75) is 40.0 Å². The highest BCUT2D eigenvalue weighted by atomic mass is 16.2. The highest BCUT2D eigenvalue weighted by Gasteiger charge is 2.24. The molecule has 0 aliphatic carbocycles. The summed E-state index contributed by atoms with van der Waals surface area (Å²) in [5, 5.41) is 5.95.